The molecule has 1 aromatic rings. The number of nitrogens with zero attached hydrogens (tertiary/aromatic N) is 1. The van der Waals surface area contributed by atoms with Crippen molar-refractivity contribution in [3.63, 3.8) is 0 Å². The summed E-state index contributed by atoms with van der Waals surface area (Å²) in [5, 5.41) is 5.59. The van der Waals surface area contributed by atoms with Crippen LogP contribution in [0.25, 0.3) is 0 Å². The van der Waals surface area contributed by atoms with Gasteiger partial charge in [0, 0.05) is 37.8 Å². The highest BCUT2D eigenvalue weighted by molar-refractivity contribution is 5.91. The molecule has 0 radical (unpaired) electrons. The summed E-state index contributed by atoms with van der Waals surface area (Å²) in [6.45, 7) is 6.98. The average molecular weight is 333 g/mol. The largest absolute Gasteiger partial charge is 0.375 e. The van der Waals surface area contributed by atoms with Crippen molar-refractivity contribution in [1.82, 2.24) is 10.2 Å². The Balaban J connectivity index is 1.63. The third-order valence-electron chi connectivity index (χ3n) is 4.05. The van der Waals surface area contributed by atoms with E-state index in [0.717, 1.165) is 18.8 Å². The van der Waals surface area contributed by atoms with Gasteiger partial charge in [0.2, 0.25) is 11.8 Å². The predicted octanol–water partition coefficient (Wildman–Crippen LogP) is 1.63. The Labute approximate surface area is 143 Å². The van der Waals surface area contributed by atoms with Crippen LogP contribution in [0.1, 0.15) is 26.7 Å². The monoisotopic (exact) mass is 333 g/mol. The van der Waals surface area contributed by atoms with E-state index in [4.69, 9.17) is 4.74 Å². The zero-order valence-corrected chi connectivity index (χ0v) is 14.5. The smallest absolute Gasteiger partial charge is 0.226 e. The van der Waals surface area contributed by atoms with Gasteiger partial charge in [0.05, 0.1) is 19.1 Å². The molecule has 1 atom stereocenters. The fourth-order valence-corrected chi connectivity index (χ4v) is 2.67. The van der Waals surface area contributed by atoms with Crippen LogP contribution in [0.5, 0.6) is 0 Å². The molecule has 1 fully saturated rings. The Hall–Kier alpha value is -1.92. The molecule has 0 unspecified atom stereocenters. The van der Waals surface area contributed by atoms with Crippen molar-refractivity contribution in [2.45, 2.75) is 38.8 Å². The van der Waals surface area contributed by atoms with Crippen molar-refractivity contribution in [3.05, 3.63) is 30.3 Å². The van der Waals surface area contributed by atoms with E-state index < -0.39 is 0 Å². The minimum atomic E-state index is -0.110. The lowest BCUT2D eigenvalue weighted by Gasteiger charge is -2.35. The van der Waals surface area contributed by atoms with Crippen LogP contribution < -0.4 is 10.6 Å². The highest BCUT2D eigenvalue weighted by Gasteiger charge is 2.24. The van der Waals surface area contributed by atoms with Gasteiger partial charge in [-0.1, -0.05) is 18.2 Å². The van der Waals surface area contributed by atoms with Gasteiger partial charge in [-0.3, -0.25) is 14.5 Å². The third-order valence-corrected chi connectivity index (χ3v) is 4.05. The summed E-state index contributed by atoms with van der Waals surface area (Å²) in [7, 11) is 0. The Kier molecular flexibility index (Phi) is 7.21. The SMILES string of the molecule is CC(C)N1CCO[C@@H](CC(=O)NCCC(=O)Nc2ccccc2)C1. The number of carbonyl (C=O) groups excluding carboxylic acids is 2. The van der Waals surface area contributed by atoms with E-state index in [-0.39, 0.29) is 24.3 Å². The van der Waals surface area contributed by atoms with Crippen molar-refractivity contribution < 1.29 is 14.3 Å². The van der Waals surface area contributed by atoms with Crippen molar-refractivity contribution in [2.24, 2.45) is 0 Å². The van der Waals surface area contributed by atoms with Crippen molar-refractivity contribution >= 4 is 17.5 Å². The van der Waals surface area contributed by atoms with Gasteiger partial charge in [-0.15, -0.1) is 0 Å². The third kappa shape index (κ3) is 6.29. The molecule has 1 saturated heterocycles. The van der Waals surface area contributed by atoms with Gasteiger partial charge in [0.25, 0.3) is 0 Å². The van der Waals surface area contributed by atoms with Crippen molar-refractivity contribution in [1.29, 1.82) is 0 Å². The molecule has 2 rings (SSSR count). The van der Waals surface area contributed by atoms with Crippen LogP contribution in [-0.2, 0) is 14.3 Å². The van der Waals surface area contributed by atoms with Gasteiger partial charge < -0.3 is 15.4 Å². The normalized spacial score (nSPS) is 18.4. The number of hydrogen-bond donors (Lipinski definition) is 2. The van der Waals surface area contributed by atoms with Crippen LogP contribution in [0.2, 0.25) is 0 Å². The second-order valence-corrected chi connectivity index (χ2v) is 6.30. The molecule has 0 spiro atoms. The quantitative estimate of drug-likeness (QED) is 0.796. The number of anilines is 1. The van der Waals surface area contributed by atoms with Crippen molar-refractivity contribution in [2.75, 3.05) is 31.6 Å². The highest BCUT2D eigenvalue weighted by atomic mass is 16.5. The maximum absolute atomic E-state index is 12.0. The fraction of sp³-hybridized carbons (Fsp3) is 0.556. The minimum Gasteiger partial charge on any atom is -0.375 e. The number of amides is 2. The Morgan fingerprint density at radius 2 is 2.00 bits per heavy atom. The molecule has 24 heavy (non-hydrogen) atoms. The van der Waals surface area contributed by atoms with Crippen LogP contribution >= 0.6 is 0 Å². The van der Waals surface area contributed by atoms with Gasteiger partial charge in [0.1, 0.15) is 0 Å². The van der Waals surface area contributed by atoms with Gasteiger partial charge >= 0.3 is 0 Å². The molecule has 1 heterocycles. The molecule has 0 bridgehead atoms. The van der Waals surface area contributed by atoms with E-state index in [9.17, 15) is 9.59 Å². The molecule has 1 aliphatic heterocycles. The molecule has 2 N–H and O–H groups in total. The van der Waals surface area contributed by atoms with Crippen LogP contribution in [0.15, 0.2) is 30.3 Å². The first-order valence-corrected chi connectivity index (χ1v) is 8.52. The topological polar surface area (TPSA) is 70.7 Å². The zero-order valence-electron chi connectivity index (χ0n) is 14.5. The second-order valence-electron chi connectivity index (χ2n) is 6.30. The van der Waals surface area contributed by atoms with Crippen LogP contribution in [0, 0.1) is 0 Å². The number of para-hydroxylation sites is 1. The molecule has 132 valence electrons. The van der Waals surface area contributed by atoms with E-state index in [0.29, 0.717) is 25.6 Å². The lowest BCUT2D eigenvalue weighted by atomic mass is 10.1. The van der Waals surface area contributed by atoms with Gasteiger partial charge in [-0.25, -0.2) is 0 Å². The van der Waals surface area contributed by atoms with Crippen LogP contribution in [0.3, 0.4) is 0 Å². The molecule has 2 amide bonds. The van der Waals surface area contributed by atoms with E-state index in [2.05, 4.69) is 29.4 Å². The molecule has 0 saturated carbocycles. The molecule has 0 aliphatic carbocycles. The highest BCUT2D eigenvalue weighted by Crippen LogP contribution is 2.11. The minimum absolute atomic E-state index is 0.0701. The van der Waals surface area contributed by atoms with E-state index >= 15 is 0 Å². The maximum atomic E-state index is 12.0. The summed E-state index contributed by atoms with van der Waals surface area (Å²) in [5.41, 5.74) is 0.762. The summed E-state index contributed by atoms with van der Waals surface area (Å²) in [6.07, 6.45) is 0.521. The first-order chi connectivity index (χ1) is 11.5. The number of nitrogens with one attached hydrogen (secondary N) is 2. The summed E-state index contributed by atoms with van der Waals surface area (Å²) < 4.78 is 5.65. The molecule has 1 aliphatic rings. The van der Waals surface area contributed by atoms with E-state index in [1.165, 1.54) is 0 Å². The first-order valence-electron chi connectivity index (χ1n) is 8.52. The number of rotatable bonds is 7. The van der Waals surface area contributed by atoms with E-state index in [1.807, 2.05) is 30.3 Å². The molecular weight excluding hydrogens is 306 g/mol. The van der Waals surface area contributed by atoms with Crippen LogP contribution in [-0.4, -0.2) is 55.1 Å². The van der Waals surface area contributed by atoms with Gasteiger partial charge in [-0.2, -0.15) is 0 Å². The molecular formula is C18H27N3O3. The number of carbonyl (C=O) groups is 2. The van der Waals surface area contributed by atoms with Crippen LogP contribution in [0.4, 0.5) is 5.69 Å². The standard InChI is InChI=1S/C18H27N3O3/c1-14(2)21-10-11-24-16(13-21)12-18(23)19-9-8-17(22)20-15-6-4-3-5-7-15/h3-7,14,16H,8-13H2,1-2H3,(H,19,23)(H,20,22)/t16-/m0/s1. The Morgan fingerprint density at radius 1 is 1.25 bits per heavy atom. The number of ether oxygens (including phenoxy) is 1. The Morgan fingerprint density at radius 3 is 2.71 bits per heavy atom. The molecule has 6 nitrogen and oxygen atoms in total. The number of morpholine rings is 1. The molecule has 0 aromatic heterocycles. The summed E-state index contributed by atoms with van der Waals surface area (Å²) >= 11 is 0. The van der Waals surface area contributed by atoms with Gasteiger partial charge in [0.15, 0.2) is 0 Å². The molecule has 1 aromatic carbocycles. The summed E-state index contributed by atoms with van der Waals surface area (Å²) in [5.74, 6) is -0.181. The second kappa shape index (κ2) is 9.39. The first kappa shape index (κ1) is 18.4. The number of hydrogen-bond acceptors (Lipinski definition) is 4. The lowest BCUT2D eigenvalue weighted by molar-refractivity contribution is -0.126. The average Bonchev–Trinajstić information content (AvgIpc) is 2.56. The maximum Gasteiger partial charge on any atom is 0.226 e. The number of benzene rings is 1. The fourth-order valence-electron chi connectivity index (χ4n) is 2.67. The lowest BCUT2D eigenvalue weighted by Crippen LogP contribution is -2.47. The summed E-state index contributed by atoms with van der Waals surface area (Å²) in [4.78, 5) is 26.1. The predicted molar refractivity (Wildman–Crippen MR) is 93.8 cm³/mol. The Bertz CT molecular complexity index is 534. The zero-order chi connectivity index (χ0) is 17.4. The van der Waals surface area contributed by atoms with Crippen molar-refractivity contribution in [3.8, 4) is 0 Å². The summed E-state index contributed by atoms with van der Waals surface area (Å²) in [6, 6.07) is 9.74. The molecule has 6 heteroatoms. The van der Waals surface area contributed by atoms with E-state index in [1.54, 1.807) is 0 Å². The van der Waals surface area contributed by atoms with Gasteiger partial charge in [-0.05, 0) is 26.0 Å².